The predicted molar refractivity (Wildman–Crippen MR) is 35.0 cm³/mol. The Hall–Kier alpha value is -1.25. The van der Waals surface area contributed by atoms with Crippen LogP contribution >= 0.6 is 0 Å². The van der Waals surface area contributed by atoms with Crippen LogP contribution in [-0.2, 0) is 0 Å². The first-order valence-electron chi connectivity index (χ1n) is 2.86. The maximum Gasteiger partial charge on any atom is 0.170 e. The van der Waals surface area contributed by atoms with Crippen molar-refractivity contribution in [3.05, 3.63) is 42.3 Å². The van der Waals surface area contributed by atoms with Gasteiger partial charge in [-0.1, -0.05) is 6.07 Å². The molecule has 0 N–H and O–H groups in total. The molecule has 3 heteroatoms. The summed E-state index contributed by atoms with van der Waals surface area (Å²) < 4.78 is 24.9. The van der Waals surface area contributed by atoms with Gasteiger partial charge in [0.05, 0.1) is 5.56 Å². The van der Waals surface area contributed by atoms with Crippen molar-refractivity contribution in [1.82, 2.24) is 0 Å². The first kappa shape index (κ1) is 7.85. The van der Waals surface area contributed by atoms with Gasteiger partial charge in [-0.2, -0.15) is 0 Å². The Morgan fingerprint density at radius 2 is 2.00 bits per heavy atom. The van der Waals surface area contributed by atoms with Gasteiger partial charge < -0.3 is 0 Å². The Kier molecular flexibility index (Phi) is 1.98. The van der Waals surface area contributed by atoms with E-state index in [0.717, 1.165) is 12.1 Å². The molecule has 0 aliphatic rings. The first-order valence-corrected chi connectivity index (χ1v) is 2.86. The van der Waals surface area contributed by atoms with E-state index < -0.39 is 23.0 Å². The molecule has 0 bridgehead atoms. The minimum atomic E-state index is -1.19. The average Bonchev–Trinajstić information content (AvgIpc) is 1.94. The lowest BCUT2D eigenvalue weighted by molar-refractivity contribution is 0.103. The molecule has 0 heterocycles. The zero-order valence-electron chi connectivity index (χ0n) is 5.47. The summed E-state index contributed by atoms with van der Waals surface area (Å²) >= 11 is 0. The van der Waals surface area contributed by atoms with E-state index in [0.29, 0.717) is 0 Å². The molecule has 2 radical (unpaired) electrons. The van der Waals surface area contributed by atoms with Crippen LogP contribution < -0.4 is 0 Å². The molecule has 0 aliphatic carbocycles. The lowest BCUT2D eigenvalue weighted by atomic mass is 10.1. The third-order valence-electron chi connectivity index (χ3n) is 1.22. The number of halogens is 2. The summed E-state index contributed by atoms with van der Waals surface area (Å²) in [6.45, 7) is 4.74. The molecule has 0 aromatic heterocycles. The van der Waals surface area contributed by atoms with E-state index in [-0.39, 0.29) is 0 Å². The standard InChI is InChI=1S/C8H4F2O/c1-5(11)6-3-2-4-7(9)8(6)10/h1-4H. The van der Waals surface area contributed by atoms with Crippen molar-refractivity contribution in [2.24, 2.45) is 0 Å². The Labute approximate surface area is 62.7 Å². The molecular formula is C8H4F2O. The fraction of sp³-hybridized carbons (Fsp3) is 0. The number of carbonyl (C=O) groups is 1. The number of Topliss-reactive ketones (excluding diaryl/α,β-unsaturated/α-hetero) is 1. The van der Waals surface area contributed by atoms with Crippen molar-refractivity contribution < 1.29 is 13.6 Å². The molecule has 56 valence electrons. The molecule has 0 atom stereocenters. The van der Waals surface area contributed by atoms with Crippen LogP contribution in [-0.4, -0.2) is 5.78 Å². The van der Waals surface area contributed by atoms with Crippen molar-refractivity contribution in [2.75, 3.05) is 0 Å². The first-order chi connectivity index (χ1) is 5.13. The maximum absolute atomic E-state index is 12.6. The number of rotatable bonds is 1. The maximum atomic E-state index is 12.6. The van der Waals surface area contributed by atoms with E-state index in [1.165, 1.54) is 6.07 Å². The topological polar surface area (TPSA) is 17.1 Å². The zero-order valence-corrected chi connectivity index (χ0v) is 5.47. The lowest BCUT2D eigenvalue weighted by Crippen LogP contribution is -1.98. The van der Waals surface area contributed by atoms with Crippen molar-refractivity contribution in [3.63, 3.8) is 0 Å². The summed E-state index contributed by atoms with van der Waals surface area (Å²) in [7, 11) is 0. The fourth-order valence-electron chi connectivity index (χ4n) is 0.694. The number of hydrogen-bond donors (Lipinski definition) is 0. The highest BCUT2D eigenvalue weighted by molar-refractivity contribution is 5.99. The van der Waals surface area contributed by atoms with E-state index in [1.807, 2.05) is 0 Å². The Balaban J connectivity index is 3.27. The molecule has 0 saturated heterocycles. The highest BCUT2D eigenvalue weighted by Gasteiger charge is 2.10. The van der Waals surface area contributed by atoms with Crippen LogP contribution in [0.1, 0.15) is 10.4 Å². The van der Waals surface area contributed by atoms with Gasteiger partial charge in [0, 0.05) is 6.92 Å². The van der Waals surface area contributed by atoms with Gasteiger partial charge in [0.2, 0.25) is 0 Å². The molecule has 0 unspecified atom stereocenters. The Bertz CT molecular complexity index is 294. The second-order valence-corrected chi connectivity index (χ2v) is 1.97. The van der Waals surface area contributed by atoms with Crippen molar-refractivity contribution in [2.45, 2.75) is 0 Å². The van der Waals surface area contributed by atoms with Crippen molar-refractivity contribution >= 4 is 5.78 Å². The van der Waals surface area contributed by atoms with Crippen LogP contribution in [0, 0.1) is 18.6 Å². The smallest absolute Gasteiger partial charge is 0.170 e. The molecule has 0 fully saturated rings. The molecule has 1 aromatic carbocycles. The van der Waals surface area contributed by atoms with Gasteiger partial charge in [-0.15, -0.1) is 0 Å². The zero-order chi connectivity index (χ0) is 8.43. The molecule has 0 spiro atoms. The number of benzene rings is 1. The molecule has 0 aliphatic heterocycles. The molecule has 0 saturated carbocycles. The van der Waals surface area contributed by atoms with Crippen LogP contribution in [0.3, 0.4) is 0 Å². The van der Waals surface area contributed by atoms with Gasteiger partial charge in [-0.25, -0.2) is 8.78 Å². The van der Waals surface area contributed by atoms with Gasteiger partial charge in [0.25, 0.3) is 0 Å². The van der Waals surface area contributed by atoms with E-state index in [4.69, 9.17) is 6.92 Å². The molecule has 0 amide bonds. The van der Waals surface area contributed by atoms with E-state index in [9.17, 15) is 13.6 Å². The number of carbonyl (C=O) groups excluding carboxylic acids is 1. The fourth-order valence-corrected chi connectivity index (χ4v) is 0.694. The van der Waals surface area contributed by atoms with Crippen molar-refractivity contribution in [1.29, 1.82) is 0 Å². The Morgan fingerprint density at radius 1 is 1.36 bits per heavy atom. The number of hydrogen-bond acceptors (Lipinski definition) is 1. The molecule has 1 rings (SSSR count). The predicted octanol–water partition coefficient (Wildman–Crippen LogP) is 1.86. The minimum absolute atomic E-state index is 0.426. The van der Waals surface area contributed by atoms with Gasteiger partial charge >= 0.3 is 0 Å². The monoisotopic (exact) mass is 154 g/mol. The highest BCUT2D eigenvalue weighted by Crippen LogP contribution is 2.10. The van der Waals surface area contributed by atoms with Crippen LogP contribution in [0.4, 0.5) is 8.78 Å². The summed E-state index contributed by atoms with van der Waals surface area (Å²) in [5.74, 6) is -3.23. The van der Waals surface area contributed by atoms with Crippen LogP contribution in [0.25, 0.3) is 0 Å². The summed E-state index contributed by atoms with van der Waals surface area (Å²) in [6.07, 6.45) is 0. The van der Waals surface area contributed by atoms with Crippen LogP contribution in [0.2, 0.25) is 0 Å². The average molecular weight is 154 g/mol. The quantitative estimate of drug-likeness (QED) is 0.564. The van der Waals surface area contributed by atoms with Gasteiger partial charge in [-0.05, 0) is 12.1 Å². The third kappa shape index (κ3) is 1.42. The van der Waals surface area contributed by atoms with Crippen molar-refractivity contribution in [3.8, 4) is 0 Å². The third-order valence-corrected chi connectivity index (χ3v) is 1.22. The summed E-state index contributed by atoms with van der Waals surface area (Å²) in [4.78, 5) is 10.4. The van der Waals surface area contributed by atoms with Gasteiger partial charge in [0.15, 0.2) is 17.4 Å². The lowest BCUT2D eigenvalue weighted by Gasteiger charge is -1.96. The summed E-state index contributed by atoms with van der Waals surface area (Å²) in [5.41, 5.74) is -0.426. The minimum Gasteiger partial charge on any atom is -0.294 e. The van der Waals surface area contributed by atoms with E-state index >= 15 is 0 Å². The number of ketones is 1. The summed E-state index contributed by atoms with van der Waals surface area (Å²) in [5, 5.41) is 0. The molecular weight excluding hydrogens is 150 g/mol. The van der Waals surface area contributed by atoms with Gasteiger partial charge in [-0.3, -0.25) is 4.79 Å². The highest BCUT2D eigenvalue weighted by atomic mass is 19.2. The molecule has 11 heavy (non-hydrogen) atoms. The molecule has 1 aromatic rings. The van der Waals surface area contributed by atoms with Crippen LogP contribution in [0.5, 0.6) is 0 Å². The van der Waals surface area contributed by atoms with E-state index in [2.05, 4.69) is 0 Å². The van der Waals surface area contributed by atoms with Gasteiger partial charge in [0.1, 0.15) is 0 Å². The molecule has 1 nitrogen and oxygen atoms in total. The van der Waals surface area contributed by atoms with E-state index in [1.54, 1.807) is 0 Å². The Morgan fingerprint density at radius 3 is 2.45 bits per heavy atom. The normalized spacial score (nSPS) is 9.73. The SMILES string of the molecule is [CH]C(=O)c1cccc(F)c1F. The second kappa shape index (κ2) is 2.78. The van der Waals surface area contributed by atoms with Crippen LogP contribution in [0.15, 0.2) is 18.2 Å². The largest absolute Gasteiger partial charge is 0.294 e. The second-order valence-electron chi connectivity index (χ2n) is 1.97. The summed E-state index contributed by atoms with van der Waals surface area (Å²) in [6, 6.07) is 3.26.